The summed E-state index contributed by atoms with van der Waals surface area (Å²) < 4.78 is 15.1. The molecule has 1 aromatic carbocycles. The fraction of sp³-hybridized carbons (Fsp3) is 0.471. The fourth-order valence-corrected chi connectivity index (χ4v) is 3.92. The number of hydrogen-bond acceptors (Lipinski definition) is 4. The molecule has 0 saturated heterocycles. The maximum atomic E-state index is 12.9. The minimum atomic E-state index is -0.321. The summed E-state index contributed by atoms with van der Waals surface area (Å²) >= 11 is 1.40. The number of aryl methyl sites for hydroxylation is 1. The van der Waals surface area contributed by atoms with Crippen LogP contribution in [0, 0.1) is 12.7 Å². The summed E-state index contributed by atoms with van der Waals surface area (Å²) in [6, 6.07) is 6.19. The first kappa shape index (κ1) is 17.0. The summed E-state index contributed by atoms with van der Waals surface area (Å²) in [5.74, 6) is 0.701. The van der Waals surface area contributed by atoms with Crippen molar-refractivity contribution in [2.45, 2.75) is 50.2 Å². The third kappa shape index (κ3) is 4.14. The molecule has 0 spiro atoms. The fourth-order valence-electron chi connectivity index (χ4n) is 3.07. The van der Waals surface area contributed by atoms with Gasteiger partial charge in [0, 0.05) is 11.7 Å². The number of anilines is 1. The van der Waals surface area contributed by atoms with Gasteiger partial charge in [-0.3, -0.25) is 4.79 Å². The normalized spacial score (nSPS) is 15.4. The highest BCUT2D eigenvalue weighted by atomic mass is 32.2. The van der Waals surface area contributed by atoms with E-state index < -0.39 is 0 Å². The molecule has 0 aliphatic heterocycles. The van der Waals surface area contributed by atoms with Crippen molar-refractivity contribution in [2.75, 3.05) is 11.1 Å². The van der Waals surface area contributed by atoms with Crippen molar-refractivity contribution < 1.29 is 9.18 Å². The number of aromatic nitrogens is 3. The second-order valence-electron chi connectivity index (χ2n) is 6.04. The van der Waals surface area contributed by atoms with Gasteiger partial charge in [0.05, 0.1) is 5.75 Å². The largest absolute Gasteiger partial charge is 0.325 e. The Morgan fingerprint density at radius 3 is 2.67 bits per heavy atom. The zero-order valence-corrected chi connectivity index (χ0v) is 14.5. The highest BCUT2D eigenvalue weighted by molar-refractivity contribution is 7.99. The molecule has 2 aromatic rings. The highest BCUT2D eigenvalue weighted by Crippen LogP contribution is 2.32. The number of halogens is 1. The lowest BCUT2D eigenvalue weighted by atomic mass is 9.95. The van der Waals surface area contributed by atoms with E-state index in [4.69, 9.17) is 0 Å². The molecular weight excluding hydrogens is 327 g/mol. The first-order valence-corrected chi connectivity index (χ1v) is 9.22. The van der Waals surface area contributed by atoms with Crippen LogP contribution in [-0.2, 0) is 4.79 Å². The van der Waals surface area contributed by atoms with Crippen LogP contribution in [0.15, 0.2) is 29.4 Å². The molecule has 7 heteroatoms. The average molecular weight is 348 g/mol. The highest BCUT2D eigenvalue weighted by Gasteiger charge is 2.21. The van der Waals surface area contributed by atoms with Crippen LogP contribution in [0.25, 0.3) is 0 Å². The van der Waals surface area contributed by atoms with Crippen molar-refractivity contribution in [1.29, 1.82) is 0 Å². The number of carbonyl (C=O) groups is 1. The van der Waals surface area contributed by atoms with E-state index in [1.807, 2.05) is 6.92 Å². The molecule has 1 heterocycles. The summed E-state index contributed by atoms with van der Waals surface area (Å²) in [5.41, 5.74) is 0.590. The standard InChI is InChI=1S/C17H21FN4OS/c1-12-20-21-17(22(12)15-5-3-2-4-6-15)24-11-16(23)19-14-9-7-13(18)8-10-14/h7-10,15H,2-6,11H2,1H3,(H,19,23). The van der Waals surface area contributed by atoms with Gasteiger partial charge in [-0.1, -0.05) is 31.0 Å². The van der Waals surface area contributed by atoms with Crippen LogP contribution >= 0.6 is 11.8 Å². The number of thioether (sulfide) groups is 1. The summed E-state index contributed by atoms with van der Waals surface area (Å²) in [4.78, 5) is 12.1. The van der Waals surface area contributed by atoms with Crippen molar-refractivity contribution in [2.24, 2.45) is 0 Å². The van der Waals surface area contributed by atoms with Gasteiger partial charge in [0.2, 0.25) is 5.91 Å². The van der Waals surface area contributed by atoms with Crippen LogP contribution in [-0.4, -0.2) is 26.4 Å². The van der Waals surface area contributed by atoms with Crippen LogP contribution < -0.4 is 5.32 Å². The van der Waals surface area contributed by atoms with E-state index in [0.29, 0.717) is 11.7 Å². The Morgan fingerprint density at radius 2 is 1.96 bits per heavy atom. The number of amides is 1. The van der Waals surface area contributed by atoms with Gasteiger partial charge in [-0.2, -0.15) is 0 Å². The van der Waals surface area contributed by atoms with Crippen LogP contribution in [0.4, 0.5) is 10.1 Å². The first-order valence-electron chi connectivity index (χ1n) is 8.23. The van der Waals surface area contributed by atoms with Crippen molar-refractivity contribution in [3.05, 3.63) is 35.9 Å². The van der Waals surface area contributed by atoms with Gasteiger partial charge in [-0.05, 0) is 44.0 Å². The smallest absolute Gasteiger partial charge is 0.234 e. The van der Waals surface area contributed by atoms with Gasteiger partial charge in [0.15, 0.2) is 5.16 Å². The van der Waals surface area contributed by atoms with Crippen LogP contribution in [0.2, 0.25) is 0 Å². The number of hydrogen-bond donors (Lipinski definition) is 1. The number of carbonyl (C=O) groups excluding carboxylic acids is 1. The van der Waals surface area contributed by atoms with E-state index in [2.05, 4.69) is 20.1 Å². The van der Waals surface area contributed by atoms with Crippen LogP contribution in [0.3, 0.4) is 0 Å². The molecule has 1 aliphatic carbocycles. The van der Waals surface area contributed by atoms with Gasteiger partial charge in [0.1, 0.15) is 11.6 Å². The predicted molar refractivity (Wildman–Crippen MR) is 92.6 cm³/mol. The lowest BCUT2D eigenvalue weighted by Crippen LogP contribution is -2.17. The molecule has 0 unspecified atom stereocenters. The molecule has 3 rings (SSSR count). The molecule has 1 fully saturated rings. The Labute approximate surface area is 145 Å². The average Bonchev–Trinajstić information content (AvgIpc) is 2.96. The molecule has 0 atom stereocenters. The molecule has 1 amide bonds. The molecule has 5 nitrogen and oxygen atoms in total. The second-order valence-corrected chi connectivity index (χ2v) is 6.98. The maximum Gasteiger partial charge on any atom is 0.234 e. The zero-order chi connectivity index (χ0) is 16.9. The minimum Gasteiger partial charge on any atom is -0.325 e. The molecule has 24 heavy (non-hydrogen) atoms. The zero-order valence-electron chi connectivity index (χ0n) is 13.7. The quantitative estimate of drug-likeness (QED) is 0.831. The molecule has 1 aromatic heterocycles. The number of rotatable bonds is 5. The monoisotopic (exact) mass is 348 g/mol. The number of nitrogens with zero attached hydrogens (tertiary/aromatic N) is 3. The van der Waals surface area contributed by atoms with Crippen molar-refractivity contribution in [3.8, 4) is 0 Å². The topological polar surface area (TPSA) is 59.8 Å². The third-order valence-corrected chi connectivity index (χ3v) is 5.18. The summed E-state index contributed by atoms with van der Waals surface area (Å²) in [7, 11) is 0. The second kappa shape index (κ2) is 7.79. The molecule has 0 radical (unpaired) electrons. The van der Waals surface area contributed by atoms with Gasteiger partial charge < -0.3 is 9.88 Å². The van der Waals surface area contributed by atoms with Crippen molar-refractivity contribution >= 4 is 23.4 Å². The Morgan fingerprint density at radius 1 is 1.25 bits per heavy atom. The Balaban J connectivity index is 1.60. The Bertz CT molecular complexity index is 695. The third-order valence-electron chi connectivity index (χ3n) is 4.24. The van der Waals surface area contributed by atoms with Gasteiger partial charge in [-0.25, -0.2) is 4.39 Å². The van der Waals surface area contributed by atoms with E-state index in [1.54, 1.807) is 12.1 Å². The van der Waals surface area contributed by atoms with E-state index in [0.717, 1.165) is 23.8 Å². The number of nitrogens with one attached hydrogen (secondary N) is 1. The van der Waals surface area contributed by atoms with Crippen LogP contribution in [0.5, 0.6) is 0 Å². The molecular formula is C17H21FN4OS. The lowest BCUT2D eigenvalue weighted by molar-refractivity contribution is -0.113. The summed E-state index contributed by atoms with van der Waals surface area (Å²) in [5, 5.41) is 12.0. The van der Waals surface area contributed by atoms with Gasteiger partial charge >= 0.3 is 0 Å². The molecule has 1 saturated carbocycles. The molecule has 1 aliphatic rings. The first-order chi connectivity index (χ1) is 11.6. The Kier molecular flexibility index (Phi) is 5.50. The summed E-state index contributed by atoms with van der Waals surface area (Å²) in [6.07, 6.45) is 6.05. The van der Waals surface area contributed by atoms with Gasteiger partial charge in [-0.15, -0.1) is 10.2 Å². The summed E-state index contributed by atoms with van der Waals surface area (Å²) in [6.45, 7) is 1.96. The van der Waals surface area contributed by atoms with Crippen LogP contribution in [0.1, 0.15) is 44.0 Å². The van der Waals surface area contributed by atoms with Gasteiger partial charge in [0.25, 0.3) is 0 Å². The SMILES string of the molecule is Cc1nnc(SCC(=O)Nc2ccc(F)cc2)n1C1CCCCC1. The van der Waals surface area contributed by atoms with E-state index >= 15 is 0 Å². The van der Waals surface area contributed by atoms with E-state index in [-0.39, 0.29) is 17.5 Å². The van der Waals surface area contributed by atoms with E-state index in [9.17, 15) is 9.18 Å². The number of benzene rings is 1. The molecule has 128 valence electrons. The predicted octanol–water partition coefficient (Wildman–Crippen LogP) is 3.96. The molecule has 0 bridgehead atoms. The lowest BCUT2D eigenvalue weighted by Gasteiger charge is -2.24. The molecule has 1 N–H and O–H groups in total. The Hall–Kier alpha value is -1.89. The van der Waals surface area contributed by atoms with E-state index in [1.165, 1.54) is 43.2 Å². The minimum absolute atomic E-state index is 0.137. The van der Waals surface area contributed by atoms with Crippen molar-refractivity contribution in [1.82, 2.24) is 14.8 Å². The maximum absolute atomic E-state index is 12.9. The van der Waals surface area contributed by atoms with Crippen molar-refractivity contribution in [3.63, 3.8) is 0 Å².